The summed E-state index contributed by atoms with van der Waals surface area (Å²) in [6, 6.07) is 23.0. The minimum absolute atomic E-state index is 0.229. The summed E-state index contributed by atoms with van der Waals surface area (Å²) in [5.74, 6) is 0.320. The number of hydrogen-bond acceptors (Lipinski definition) is 3. The molecule has 29 heavy (non-hydrogen) atoms. The molecule has 0 bridgehead atoms. The van der Waals surface area contributed by atoms with E-state index in [9.17, 15) is 4.79 Å². The molecule has 1 atom stereocenters. The van der Waals surface area contributed by atoms with E-state index in [0.717, 1.165) is 23.1 Å². The van der Waals surface area contributed by atoms with Crippen LogP contribution in [0.3, 0.4) is 0 Å². The summed E-state index contributed by atoms with van der Waals surface area (Å²) in [6.45, 7) is 4.71. The van der Waals surface area contributed by atoms with Crippen LogP contribution < -0.4 is 10.1 Å². The lowest BCUT2D eigenvalue weighted by Gasteiger charge is -2.15. The lowest BCUT2D eigenvalue weighted by Crippen LogP contribution is -2.30. The highest BCUT2D eigenvalue weighted by Crippen LogP contribution is 2.31. The Labute approximate surface area is 169 Å². The van der Waals surface area contributed by atoms with Gasteiger partial charge in [-0.2, -0.15) is 5.26 Å². The van der Waals surface area contributed by atoms with Crippen molar-refractivity contribution in [2.75, 3.05) is 5.32 Å². The number of aryl methyl sites for hydroxylation is 1. The number of nitrogens with one attached hydrogen (secondary N) is 1. The molecule has 1 N–H and O–H groups in total. The monoisotopic (exact) mass is 383 g/mol. The highest BCUT2D eigenvalue weighted by Gasteiger charge is 2.16. The number of rotatable bonds is 5. The number of amides is 1. The van der Waals surface area contributed by atoms with E-state index in [-0.39, 0.29) is 5.91 Å². The molecule has 5 nitrogen and oxygen atoms in total. The van der Waals surface area contributed by atoms with Gasteiger partial charge in [0.15, 0.2) is 6.10 Å². The number of fused-ring (bicyclic) bond motifs is 3. The number of hydrogen-bond donors (Lipinski definition) is 1. The van der Waals surface area contributed by atoms with Gasteiger partial charge in [-0.3, -0.25) is 4.79 Å². The van der Waals surface area contributed by atoms with Crippen molar-refractivity contribution < 1.29 is 9.53 Å². The van der Waals surface area contributed by atoms with E-state index in [1.807, 2.05) is 30.3 Å². The minimum atomic E-state index is -0.671. The number of para-hydroxylation sites is 1. The molecular formula is C24H21N3O2. The van der Waals surface area contributed by atoms with Crippen LogP contribution in [0.2, 0.25) is 0 Å². The van der Waals surface area contributed by atoms with Gasteiger partial charge in [0.1, 0.15) is 5.75 Å². The van der Waals surface area contributed by atoms with Crippen molar-refractivity contribution in [2.24, 2.45) is 0 Å². The van der Waals surface area contributed by atoms with Gasteiger partial charge in [0, 0.05) is 34.0 Å². The Morgan fingerprint density at radius 1 is 1.07 bits per heavy atom. The largest absolute Gasteiger partial charge is 0.481 e. The Kier molecular flexibility index (Phi) is 4.92. The van der Waals surface area contributed by atoms with Crippen LogP contribution in [0.4, 0.5) is 5.69 Å². The first kappa shape index (κ1) is 18.6. The van der Waals surface area contributed by atoms with Gasteiger partial charge in [0.05, 0.1) is 11.6 Å². The first-order valence-corrected chi connectivity index (χ1v) is 9.59. The fourth-order valence-corrected chi connectivity index (χ4v) is 3.58. The maximum Gasteiger partial charge on any atom is 0.265 e. The molecule has 0 saturated heterocycles. The molecule has 0 spiro atoms. The van der Waals surface area contributed by atoms with Crippen molar-refractivity contribution in [3.8, 4) is 11.8 Å². The number of nitriles is 1. The number of benzene rings is 3. The molecule has 144 valence electrons. The molecule has 4 rings (SSSR count). The van der Waals surface area contributed by atoms with Gasteiger partial charge in [-0.05, 0) is 62.4 Å². The maximum atomic E-state index is 12.6. The number of anilines is 1. The SMILES string of the molecule is CCn1c2ccccc2c2cc(NC(=O)[C@@H](C)Oc3ccc(C#N)cc3)ccc21. The number of ether oxygens (including phenoxy) is 1. The van der Waals surface area contributed by atoms with Gasteiger partial charge >= 0.3 is 0 Å². The molecule has 0 fully saturated rings. The van der Waals surface area contributed by atoms with E-state index in [1.165, 1.54) is 10.9 Å². The second-order valence-corrected chi connectivity index (χ2v) is 6.88. The molecule has 1 aromatic heterocycles. The second kappa shape index (κ2) is 7.69. The predicted molar refractivity (Wildman–Crippen MR) is 115 cm³/mol. The molecule has 1 amide bonds. The van der Waals surface area contributed by atoms with Crippen LogP contribution in [-0.4, -0.2) is 16.6 Å². The van der Waals surface area contributed by atoms with Crippen LogP contribution in [0.25, 0.3) is 21.8 Å². The maximum absolute atomic E-state index is 12.6. The summed E-state index contributed by atoms with van der Waals surface area (Å²) >= 11 is 0. The lowest BCUT2D eigenvalue weighted by atomic mass is 10.1. The van der Waals surface area contributed by atoms with Gasteiger partial charge in [-0.25, -0.2) is 0 Å². The van der Waals surface area contributed by atoms with E-state index in [4.69, 9.17) is 10.00 Å². The first-order chi connectivity index (χ1) is 14.1. The van der Waals surface area contributed by atoms with E-state index in [0.29, 0.717) is 11.3 Å². The first-order valence-electron chi connectivity index (χ1n) is 9.59. The molecular weight excluding hydrogens is 362 g/mol. The van der Waals surface area contributed by atoms with Gasteiger partial charge in [0.25, 0.3) is 5.91 Å². The van der Waals surface area contributed by atoms with Crippen LogP contribution in [0.15, 0.2) is 66.7 Å². The fraction of sp³-hybridized carbons (Fsp3) is 0.167. The molecule has 0 aliphatic heterocycles. The molecule has 0 aliphatic carbocycles. The molecule has 0 saturated carbocycles. The normalized spacial score (nSPS) is 11.9. The quantitative estimate of drug-likeness (QED) is 0.522. The van der Waals surface area contributed by atoms with E-state index in [1.54, 1.807) is 31.2 Å². The number of aromatic nitrogens is 1. The third-order valence-corrected chi connectivity index (χ3v) is 5.02. The zero-order chi connectivity index (χ0) is 20.4. The third-order valence-electron chi connectivity index (χ3n) is 5.02. The molecule has 0 unspecified atom stereocenters. The average Bonchev–Trinajstić information content (AvgIpc) is 3.07. The van der Waals surface area contributed by atoms with Crippen LogP contribution >= 0.6 is 0 Å². The van der Waals surface area contributed by atoms with Crippen molar-refractivity contribution in [1.29, 1.82) is 5.26 Å². The van der Waals surface area contributed by atoms with E-state index < -0.39 is 6.10 Å². The fourth-order valence-electron chi connectivity index (χ4n) is 3.58. The zero-order valence-corrected chi connectivity index (χ0v) is 16.3. The van der Waals surface area contributed by atoms with Gasteiger partial charge in [-0.15, -0.1) is 0 Å². The van der Waals surface area contributed by atoms with Gasteiger partial charge in [-0.1, -0.05) is 18.2 Å². The highest BCUT2D eigenvalue weighted by atomic mass is 16.5. The molecule has 1 heterocycles. The van der Waals surface area contributed by atoms with Gasteiger partial charge < -0.3 is 14.6 Å². The number of carbonyl (C=O) groups excluding carboxylic acids is 1. The summed E-state index contributed by atoms with van der Waals surface area (Å²) in [5, 5.41) is 14.1. The summed E-state index contributed by atoms with van der Waals surface area (Å²) in [5.41, 5.74) is 3.62. The minimum Gasteiger partial charge on any atom is -0.481 e. The summed E-state index contributed by atoms with van der Waals surface area (Å²) in [6.07, 6.45) is -0.671. The van der Waals surface area contributed by atoms with Crippen molar-refractivity contribution in [3.05, 3.63) is 72.3 Å². The Bertz CT molecular complexity index is 1230. The van der Waals surface area contributed by atoms with Crippen molar-refractivity contribution in [3.63, 3.8) is 0 Å². The molecule has 0 aliphatic rings. The lowest BCUT2D eigenvalue weighted by molar-refractivity contribution is -0.122. The Hall–Kier alpha value is -3.78. The zero-order valence-electron chi connectivity index (χ0n) is 16.3. The van der Waals surface area contributed by atoms with Crippen LogP contribution in [-0.2, 0) is 11.3 Å². The summed E-state index contributed by atoms with van der Waals surface area (Å²) in [4.78, 5) is 12.6. The molecule has 5 heteroatoms. The van der Waals surface area contributed by atoms with E-state index in [2.05, 4.69) is 35.0 Å². The van der Waals surface area contributed by atoms with Crippen LogP contribution in [0.5, 0.6) is 5.75 Å². The van der Waals surface area contributed by atoms with Crippen molar-refractivity contribution >= 4 is 33.4 Å². The second-order valence-electron chi connectivity index (χ2n) is 6.88. The standard InChI is InChI=1S/C24H21N3O2/c1-3-27-22-7-5-4-6-20(22)21-14-18(10-13-23(21)27)26-24(28)16(2)29-19-11-8-17(15-25)9-12-19/h4-14,16H,3H2,1-2H3,(H,26,28)/t16-/m1/s1. The molecule has 3 aromatic carbocycles. The van der Waals surface area contributed by atoms with Crippen LogP contribution in [0.1, 0.15) is 19.4 Å². The highest BCUT2D eigenvalue weighted by molar-refractivity contribution is 6.10. The summed E-state index contributed by atoms with van der Waals surface area (Å²) < 4.78 is 7.97. The molecule has 0 radical (unpaired) electrons. The van der Waals surface area contributed by atoms with Crippen LogP contribution in [0, 0.1) is 11.3 Å². The Morgan fingerprint density at radius 3 is 2.52 bits per heavy atom. The Morgan fingerprint density at radius 2 is 1.79 bits per heavy atom. The van der Waals surface area contributed by atoms with Gasteiger partial charge in [0.2, 0.25) is 0 Å². The molecule has 4 aromatic rings. The topological polar surface area (TPSA) is 67.1 Å². The van der Waals surface area contributed by atoms with Crippen molar-refractivity contribution in [1.82, 2.24) is 4.57 Å². The van der Waals surface area contributed by atoms with Crippen molar-refractivity contribution in [2.45, 2.75) is 26.5 Å². The number of carbonyl (C=O) groups is 1. The number of nitrogens with zero attached hydrogens (tertiary/aromatic N) is 2. The smallest absolute Gasteiger partial charge is 0.265 e. The average molecular weight is 383 g/mol. The predicted octanol–water partition coefficient (Wildman–Crippen LogP) is 5.09. The Balaban J connectivity index is 1.56. The third kappa shape index (κ3) is 3.53. The summed E-state index contributed by atoms with van der Waals surface area (Å²) in [7, 11) is 0. The van der Waals surface area contributed by atoms with E-state index >= 15 is 0 Å².